The number of carbonyl (C=O) groups is 1. The van der Waals surface area contributed by atoms with E-state index in [0.29, 0.717) is 16.5 Å². The molecule has 0 radical (unpaired) electrons. The smallest absolute Gasteiger partial charge is 0.335 e. The van der Waals surface area contributed by atoms with Crippen molar-refractivity contribution in [3.05, 3.63) is 108 Å². The Labute approximate surface area is 219 Å². The van der Waals surface area contributed by atoms with Crippen LogP contribution in [0.1, 0.15) is 33.8 Å². The summed E-state index contributed by atoms with van der Waals surface area (Å²) in [5, 5.41) is 13.4. The highest BCUT2D eigenvalue weighted by Gasteiger charge is 2.42. The second kappa shape index (κ2) is 9.68. The monoisotopic (exact) mass is 533 g/mol. The molecule has 3 N–H and O–H groups in total. The molecule has 11 heteroatoms. The quantitative estimate of drug-likeness (QED) is 0.304. The van der Waals surface area contributed by atoms with Crippen LogP contribution in [-0.4, -0.2) is 40.4 Å². The lowest BCUT2D eigenvalue weighted by atomic mass is 10.0. The highest BCUT2D eigenvalue weighted by atomic mass is 32.2. The van der Waals surface area contributed by atoms with E-state index in [-0.39, 0.29) is 17.6 Å². The number of benzene rings is 2. The van der Waals surface area contributed by atoms with Gasteiger partial charge in [0.05, 0.1) is 23.6 Å². The van der Waals surface area contributed by atoms with E-state index in [0.717, 1.165) is 23.3 Å². The van der Waals surface area contributed by atoms with Gasteiger partial charge in [-0.3, -0.25) is 9.71 Å². The SMILES string of the molecule is CS(=O)(=O)Nc1ccc(N2C(=S)N[C@@H](c3ccccn3)[C@H]2c2cccn2-c2cccc(C(=O)O)c2)cc1. The van der Waals surface area contributed by atoms with Gasteiger partial charge in [0, 0.05) is 35.1 Å². The summed E-state index contributed by atoms with van der Waals surface area (Å²) in [6.45, 7) is 0. The van der Waals surface area contributed by atoms with Gasteiger partial charge in [0.25, 0.3) is 0 Å². The van der Waals surface area contributed by atoms with Gasteiger partial charge in [-0.05, 0) is 78.9 Å². The standard InChI is InChI=1S/C26H23N5O4S2/c1-37(34,35)29-18-10-12-19(13-11-18)31-24(23(28-26(31)36)21-8-2-3-14-27-21)22-9-5-15-30(22)20-7-4-6-17(16-20)25(32)33/h2-16,23-24,29H,1H3,(H,28,36)(H,32,33)/t23-,24+/m0/s1. The Morgan fingerprint density at radius 1 is 1.03 bits per heavy atom. The summed E-state index contributed by atoms with van der Waals surface area (Å²) in [6.07, 6.45) is 4.70. The second-order valence-corrected chi connectivity index (χ2v) is 10.7. The number of aromatic carboxylic acids is 1. The van der Waals surface area contributed by atoms with E-state index in [1.54, 1.807) is 48.7 Å². The minimum Gasteiger partial charge on any atom is -0.478 e. The first-order valence-electron chi connectivity index (χ1n) is 11.3. The third-order valence-electron chi connectivity index (χ3n) is 6.00. The Bertz CT molecular complexity index is 1570. The first-order chi connectivity index (χ1) is 17.7. The van der Waals surface area contributed by atoms with Crippen molar-refractivity contribution in [1.29, 1.82) is 0 Å². The van der Waals surface area contributed by atoms with Crippen LogP contribution in [0.25, 0.3) is 5.69 Å². The normalized spacial score (nSPS) is 17.4. The Morgan fingerprint density at radius 3 is 2.49 bits per heavy atom. The summed E-state index contributed by atoms with van der Waals surface area (Å²) in [6, 6.07) is 22.6. The Hall–Kier alpha value is -4.22. The molecular formula is C26H23N5O4S2. The first kappa shape index (κ1) is 24.5. The average Bonchev–Trinajstić information content (AvgIpc) is 3.48. The largest absolute Gasteiger partial charge is 0.478 e. The number of carboxylic acids is 1. The Balaban J connectivity index is 1.61. The molecule has 3 heterocycles. The number of thiocarbonyl (C=S) groups is 1. The summed E-state index contributed by atoms with van der Waals surface area (Å²) in [7, 11) is -3.41. The van der Waals surface area contributed by atoms with Crippen LogP contribution in [0.3, 0.4) is 0 Å². The molecule has 4 aromatic rings. The molecule has 2 aromatic carbocycles. The van der Waals surface area contributed by atoms with E-state index in [4.69, 9.17) is 12.2 Å². The van der Waals surface area contributed by atoms with Crippen molar-refractivity contribution in [3.8, 4) is 5.69 Å². The molecule has 5 rings (SSSR count). The molecule has 2 aromatic heterocycles. The number of nitrogens with zero attached hydrogens (tertiary/aromatic N) is 3. The lowest BCUT2D eigenvalue weighted by Crippen LogP contribution is -2.30. The highest BCUT2D eigenvalue weighted by molar-refractivity contribution is 7.92. The van der Waals surface area contributed by atoms with Crippen molar-refractivity contribution in [2.45, 2.75) is 12.1 Å². The van der Waals surface area contributed by atoms with Gasteiger partial charge in [0.1, 0.15) is 6.04 Å². The molecule has 0 amide bonds. The molecule has 0 spiro atoms. The van der Waals surface area contributed by atoms with Crippen molar-refractivity contribution >= 4 is 44.7 Å². The number of aromatic nitrogens is 2. The van der Waals surface area contributed by atoms with E-state index in [1.807, 2.05) is 52.1 Å². The van der Waals surface area contributed by atoms with Crippen LogP contribution >= 0.6 is 12.2 Å². The maximum absolute atomic E-state index is 11.6. The van der Waals surface area contributed by atoms with Crippen LogP contribution in [0, 0.1) is 0 Å². The van der Waals surface area contributed by atoms with E-state index < -0.39 is 16.0 Å². The number of carboxylic acid groups (broad SMARTS) is 1. The molecule has 37 heavy (non-hydrogen) atoms. The Kier molecular flexibility index (Phi) is 6.40. The molecule has 188 valence electrons. The zero-order valence-corrected chi connectivity index (χ0v) is 21.3. The zero-order chi connectivity index (χ0) is 26.2. The van der Waals surface area contributed by atoms with E-state index in [2.05, 4.69) is 15.0 Å². The third-order valence-corrected chi connectivity index (χ3v) is 6.92. The predicted molar refractivity (Wildman–Crippen MR) is 146 cm³/mol. The lowest BCUT2D eigenvalue weighted by Gasteiger charge is -2.29. The average molecular weight is 534 g/mol. The minimum absolute atomic E-state index is 0.185. The molecule has 2 atom stereocenters. The van der Waals surface area contributed by atoms with Gasteiger partial charge in [-0.15, -0.1) is 0 Å². The molecule has 0 aliphatic carbocycles. The number of sulfonamides is 1. The minimum atomic E-state index is -3.41. The summed E-state index contributed by atoms with van der Waals surface area (Å²) in [5.41, 5.74) is 3.74. The van der Waals surface area contributed by atoms with Crippen LogP contribution in [0.4, 0.5) is 11.4 Å². The number of pyridine rings is 1. The molecule has 9 nitrogen and oxygen atoms in total. The second-order valence-electron chi connectivity index (χ2n) is 8.58. The fraction of sp³-hybridized carbons (Fsp3) is 0.115. The van der Waals surface area contributed by atoms with Gasteiger partial charge in [0.15, 0.2) is 5.11 Å². The fourth-order valence-electron chi connectivity index (χ4n) is 4.50. The topological polar surface area (TPSA) is 117 Å². The maximum Gasteiger partial charge on any atom is 0.335 e. The molecule has 1 aliphatic heterocycles. The molecule has 1 aliphatic rings. The number of nitrogens with one attached hydrogen (secondary N) is 2. The molecule has 0 saturated carbocycles. The molecule has 0 unspecified atom stereocenters. The van der Waals surface area contributed by atoms with Crippen LogP contribution < -0.4 is 14.9 Å². The van der Waals surface area contributed by atoms with Gasteiger partial charge in [-0.1, -0.05) is 12.1 Å². The van der Waals surface area contributed by atoms with Gasteiger partial charge in [0.2, 0.25) is 10.0 Å². The number of anilines is 2. The van der Waals surface area contributed by atoms with Gasteiger partial charge in [-0.25, -0.2) is 13.2 Å². The van der Waals surface area contributed by atoms with Crippen molar-refractivity contribution < 1.29 is 18.3 Å². The van der Waals surface area contributed by atoms with Crippen molar-refractivity contribution in [2.75, 3.05) is 15.9 Å². The van der Waals surface area contributed by atoms with Gasteiger partial charge < -0.3 is 19.9 Å². The van der Waals surface area contributed by atoms with E-state index >= 15 is 0 Å². The number of rotatable bonds is 7. The molecule has 0 bridgehead atoms. The van der Waals surface area contributed by atoms with Gasteiger partial charge >= 0.3 is 5.97 Å². The predicted octanol–water partition coefficient (Wildman–Crippen LogP) is 4.12. The molecule has 1 fully saturated rings. The zero-order valence-electron chi connectivity index (χ0n) is 19.6. The van der Waals surface area contributed by atoms with Crippen LogP contribution in [-0.2, 0) is 10.0 Å². The number of hydrogen-bond donors (Lipinski definition) is 3. The van der Waals surface area contributed by atoms with Crippen molar-refractivity contribution in [2.24, 2.45) is 0 Å². The van der Waals surface area contributed by atoms with Crippen molar-refractivity contribution in [3.63, 3.8) is 0 Å². The summed E-state index contributed by atoms with van der Waals surface area (Å²) >= 11 is 5.77. The van der Waals surface area contributed by atoms with Crippen LogP contribution in [0.15, 0.2) is 91.3 Å². The van der Waals surface area contributed by atoms with E-state index in [9.17, 15) is 18.3 Å². The summed E-state index contributed by atoms with van der Waals surface area (Å²) < 4.78 is 27.7. The van der Waals surface area contributed by atoms with E-state index in [1.165, 1.54) is 0 Å². The highest BCUT2D eigenvalue weighted by Crippen LogP contribution is 2.42. The molecular weight excluding hydrogens is 510 g/mol. The van der Waals surface area contributed by atoms with Crippen LogP contribution in [0.2, 0.25) is 0 Å². The number of hydrogen-bond acceptors (Lipinski definition) is 5. The van der Waals surface area contributed by atoms with Crippen molar-refractivity contribution in [1.82, 2.24) is 14.9 Å². The maximum atomic E-state index is 11.6. The molecule has 1 saturated heterocycles. The fourth-order valence-corrected chi connectivity index (χ4v) is 5.41. The summed E-state index contributed by atoms with van der Waals surface area (Å²) in [4.78, 5) is 18.1. The Morgan fingerprint density at radius 2 is 1.81 bits per heavy atom. The first-order valence-corrected chi connectivity index (χ1v) is 13.6. The summed E-state index contributed by atoms with van der Waals surface area (Å²) in [5.74, 6) is -1.00. The lowest BCUT2D eigenvalue weighted by molar-refractivity contribution is 0.0697. The van der Waals surface area contributed by atoms with Gasteiger partial charge in [-0.2, -0.15) is 0 Å². The third kappa shape index (κ3) is 5.04. The van der Waals surface area contributed by atoms with Crippen LogP contribution in [0.5, 0.6) is 0 Å².